The van der Waals surface area contributed by atoms with Crippen LogP contribution >= 0.6 is 39.1 Å². The van der Waals surface area contributed by atoms with Gasteiger partial charge < -0.3 is 15.7 Å². The van der Waals surface area contributed by atoms with Gasteiger partial charge in [0.05, 0.1) is 16.3 Å². The van der Waals surface area contributed by atoms with E-state index in [0.717, 1.165) is 15.7 Å². The molecule has 0 aromatic heterocycles. The van der Waals surface area contributed by atoms with Crippen molar-refractivity contribution in [3.05, 3.63) is 86.3 Å². The summed E-state index contributed by atoms with van der Waals surface area (Å²) in [5.41, 5.74) is 2.47. The molecule has 0 aliphatic heterocycles. The van der Waals surface area contributed by atoms with Gasteiger partial charge in [-0.25, -0.2) is 0 Å². The van der Waals surface area contributed by atoms with Gasteiger partial charge >= 0.3 is 0 Å². The SMILES string of the molecule is O=C(Nc1ccc(NCc2ccc(Br)cc2)cc1Cl)c1cc(Cl)ccc1O. The van der Waals surface area contributed by atoms with E-state index in [1.165, 1.54) is 18.2 Å². The Balaban J connectivity index is 1.68. The van der Waals surface area contributed by atoms with Crippen LogP contribution in [0.15, 0.2) is 65.1 Å². The van der Waals surface area contributed by atoms with Crippen molar-refractivity contribution < 1.29 is 9.90 Å². The molecule has 0 aliphatic rings. The number of carbonyl (C=O) groups excluding carboxylic acids is 1. The molecule has 7 heteroatoms. The molecule has 0 spiro atoms. The molecule has 1 amide bonds. The second-order valence-electron chi connectivity index (χ2n) is 5.79. The van der Waals surface area contributed by atoms with Crippen molar-refractivity contribution in [1.29, 1.82) is 0 Å². The Morgan fingerprint density at radius 1 is 1.00 bits per heavy atom. The molecular weight excluding hydrogens is 451 g/mol. The van der Waals surface area contributed by atoms with Crippen LogP contribution in [0.4, 0.5) is 11.4 Å². The lowest BCUT2D eigenvalue weighted by atomic mass is 10.1. The van der Waals surface area contributed by atoms with E-state index in [2.05, 4.69) is 26.6 Å². The van der Waals surface area contributed by atoms with Crippen molar-refractivity contribution >= 4 is 56.4 Å². The zero-order valence-electron chi connectivity index (χ0n) is 14.0. The average molecular weight is 466 g/mol. The summed E-state index contributed by atoms with van der Waals surface area (Å²) in [6.45, 7) is 0.645. The highest BCUT2D eigenvalue weighted by atomic mass is 79.9. The van der Waals surface area contributed by atoms with Crippen LogP contribution in [0.25, 0.3) is 0 Å². The third-order valence-corrected chi connectivity index (χ3v) is 4.91. The summed E-state index contributed by atoms with van der Waals surface area (Å²) in [7, 11) is 0. The smallest absolute Gasteiger partial charge is 0.259 e. The van der Waals surface area contributed by atoms with Gasteiger partial charge in [-0.15, -0.1) is 0 Å². The second kappa shape index (κ2) is 8.65. The van der Waals surface area contributed by atoms with Crippen LogP contribution in [0, 0.1) is 0 Å². The first-order chi connectivity index (χ1) is 12.9. The van der Waals surface area contributed by atoms with Crippen molar-refractivity contribution in [2.45, 2.75) is 6.54 Å². The normalized spacial score (nSPS) is 10.5. The molecule has 3 N–H and O–H groups in total. The number of rotatable bonds is 5. The van der Waals surface area contributed by atoms with Crippen LogP contribution in [0.5, 0.6) is 5.75 Å². The molecule has 0 unspecified atom stereocenters. The van der Waals surface area contributed by atoms with Crippen molar-refractivity contribution in [3.63, 3.8) is 0 Å². The Morgan fingerprint density at radius 3 is 2.44 bits per heavy atom. The zero-order valence-corrected chi connectivity index (χ0v) is 17.1. The minimum atomic E-state index is -0.493. The number of phenols is 1. The summed E-state index contributed by atoms with van der Waals surface area (Å²) in [5, 5.41) is 16.5. The molecular formula is C20H15BrCl2N2O2. The summed E-state index contributed by atoms with van der Waals surface area (Å²) < 4.78 is 1.03. The summed E-state index contributed by atoms with van der Waals surface area (Å²) in [4.78, 5) is 12.4. The van der Waals surface area contributed by atoms with E-state index in [1.807, 2.05) is 30.3 Å². The predicted octanol–water partition coefficient (Wildman–Crippen LogP) is 6.33. The maximum Gasteiger partial charge on any atom is 0.259 e. The van der Waals surface area contributed by atoms with Crippen molar-refractivity contribution in [2.75, 3.05) is 10.6 Å². The number of benzene rings is 3. The lowest BCUT2D eigenvalue weighted by molar-refractivity contribution is 0.102. The molecule has 4 nitrogen and oxygen atoms in total. The Bertz CT molecular complexity index is 978. The van der Waals surface area contributed by atoms with Gasteiger partial charge in [0.25, 0.3) is 5.91 Å². The number of hydrogen-bond donors (Lipinski definition) is 3. The van der Waals surface area contributed by atoms with E-state index in [-0.39, 0.29) is 11.3 Å². The number of halogens is 3. The predicted molar refractivity (Wildman–Crippen MR) is 114 cm³/mol. The average Bonchev–Trinajstić information content (AvgIpc) is 2.65. The first-order valence-corrected chi connectivity index (χ1v) is 9.55. The number of aromatic hydroxyl groups is 1. The summed E-state index contributed by atoms with van der Waals surface area (Å²) in [5.74, 6) is -0.645. The van der Waals surface area contributed by atoms with E-state index in [1.54, 1.807) is 12.1 Å². The Hall–Kier alpha value is -2.21. The highest BCUT2D eigenvalue weighted by Crippen LogP contribution is 2.28. The van der Waals surface area contributed by atoms with Gasteiger partial charge in [0.2, 0.25) is 0 Å². The minimum Gasteiger partial charge on any atom is -0.507 e. The van der Waals surface area contributed by atoms with Crippen LogP contribution in [0.3, 0.4) is 0 Å². The molecule has 3 aromatic carbocycles. The quantitative estimate of drug-likeness (QED) is 0.412. The van der Waals surface area contributed by atoms with Crippen molar-refractivity contribution in [1.82, 2.24) is 0 Å². The number of amides is 1. The number of nitrogens with one attached hydrogen (secondary N) is 2. The lowest BCUT2D eigenvalue weighted by Crippen LogP contribution is -2.12. The summed E-state index contributed by atoms with van der Waals surface area (Å²) >= 11 is 15.6. The third-order valence-electron chi connectivity index (χ3n) is 3.83. The lowest BCUT2D eigenvalue weighted by Gasteiger charge is -2.12. The minimum absolute atomic E-state index is 0.0796. The number of anilines is 2. The molecule has 0 aliphatic carbocycles. The molecule has 0 saturated heterocycles. The van der Waals surface area contributed by atoms with E-state index in [4.69, 9.17) is 23.2 Å². The first-order valence-electron chi connectivity index (χ1n) is 8.00. The molecule has 0 radical (unpaired) electrons. The highest BCUT2D eigenvalue weighted by Gasteiger charge is 2.13. The molecule has 138 valence electrons. The Morgan fingerprint density at radius 2 is 1.74 bits per heavy atom. The molecule has 3 rings (SSSR count). The van der Waals surface area contributed by atoms with E-state index >= 15 is 0 Å². The van der Waals surface area contributed by atoms with Gasteiger partial charge in [-0.3, -0.25) is 4.79 Å². The zero-order chi connectivity index (χ0) is 19.4. The number of carbonyl (C=O) groups is 1. The summed E-state index contributed by atoms with van der Waals surface area (Å²) in [6, 6.07) is 17.5. The van der Waals surface area contributed by atoms with Gasteiger partial charge in [0.1, 0.15) is 5.75 Å². The topological polar surface area (TPSA) is 61.4 Å². The number of phenolic OH excluding ortho intramolecular Hbond substituents is 1. The number of hydrogen-bond acceptors (Lipinski definition) is 3. The standard InChI is InChI=1S/C20H15BrCl2N2O2/c21-13-3-1-12(2-4-13)11-24-15-6-7-18(17(23)10-15)25-20(27)16-9-14(22)5-8-19(16)26/h1-10,24,26H,11H2,(H,25,27). The maximum atomic E-state index is 12.4. The largest absolute Gasteiger partial charge is 0.507 e. The molecule has 0 bridgehead atoms. The fourth-order valence-corrected chi connectivity index (χ4v) is 3.08. The van der Waals surface area contributed by atoms with E-state index in [0.29, 0.717) is 22.3 Å². The first kappa shape index (κ1) is 19.5. The fourth-order valence-electron chi connectivity index (χ4n) is 2.41. The molecule has 27 heavy (non-hydrogen) atoms. The van der Waals surface area contributed by atoms with Gasteiger partial charge in [0.15, 0.2) is 0 Å². The van der Waals surface area contributed by atoms with Gasteiger partial charge in [-0.2, -0.15) is 0 Å². The van der Waals surface area contributed by atoms with Crippen molar-refractivity contribution in [2.24, 2.45) is 0 Å². The van der Waals surface area contributed by atoms with E-state index in [9.17, 15) is 9.90 Å². The maximum absolute atomic E-state index is 12.4. The second-order valence-corrected chi connectivity index (χ2v) is 7.55. The molecule has 0 saturated carbocycles. The van der Waals surface area contributed by atoms with Crippen molar-refractivity contribution in [3.8, 4) is 5.75 Å². The van der Waals surface area contributed by atoms with Crippen LogP contribution < -0.4 is 10.6 Å². The highest BCUT2D eigenvalue weighted by molar-refractivity contribution is 9.10. The molecule has 0 atom stereocenters. The van der Waals surface area contributed by atoms with Gasteiger partial charge in [-0.1, -0.05) is 51.3 Å². The van der Waals surface area contributed by atoms with Crippen LogP contribution in [-0.2, 0) is 6.54 Å². The summed E-state index contributed by atoms with van der Waals surface area (Å²) in [6.07, 6.45) is 0. The van der Waals surface area contributed by atoms with E-state index < -0.39 is 5.91 Å². The Kier molecular flexibility index (Phi) is 6.26. The molecule has 0 fully saturated rings. The van der Waals surface area contributed by atoms with Gasteiger partial charge in [-0.05, 0) is 54.1 Å². The van der Waals surface area contributed by atoms with Crippen LogP contribution in [0.2, 0.25) is 10.0 Å². The third kappa shape index (κ3) is 5.16. The Labute approximate surface area is 175 Å². The van der Waals surface area contributed by atoms with Crippen LogP contribution in [-0.4, -0.2) is 11.0 Å². The molecule has 0 heterocycles. The molecule has 3 aromatic rings. The van der Waals surface area contributed by atoms with Crippen LogP contribution in [0.1, 0.15) is 15.9 Å². The van der Waals surface area contributed by atoms with Gasteiger partial charge in [0, 0.05) is 21.7 Å². The monoisotopic (exact) mass is 464 g/mol. The fraction of sp³-hybridized carbons (Fsp3) is 0.0500.